The van der Waals surface area contributed by atoms with Crippen molar-refractivity contribution < 1.29 is 9.18 Å². The van der Waals surface area contributed by atoms with Gasteiger partial charge in [-0.3, -0.25) is 9.78 Å². The largest absolute Gasteiger partial charge is 0.327 e. The maximum atomic E-state index is 13.2. The van der Waals surface area contributed by atoms with Gasteiger partial charge in [-0.15, -0.1) is 0 Å². The average Bonchev–Trinajstić information content (AvgIpc) is 2.64. The number of rotatable bonds is 3. The topological polar surface area (TPSA) is 78.1 Å². The van der Waals surface area contributed by atoms with Crippen LogP contribution in [-0.4, -0.2) is 27.9 Å². The van der Waals surface area contributed by atoms with Gasteiger partial charge in [-0.05, 0) is 31.2 Å². The van der Waals surface area contributed by atoms with Gasteiger partial charge in [0.1, 0.15) is 11.3 Å². The van der Waals surface area contributed by atoms with Crippen molar-refractivity contribution >= 4 is 34.2 Å². The number of halogens is 2. The smallest absolute Gasteiger partial charge is 0.322 e. The van der Waals surface area contributed by atoms with Crippen LogP contribution in [0.15, 0.2) is 47.5 Å². The number of urea groups is 1. The first kappa shape index (κ1) is 17.9. The summed E-state index contributed by atoms with van der Waals surface area (Å²) in [6.45, 7) is 1.83. The summed E-state index contributed by atoms with van der Waals surface area (Å²) in [5.41, 5.74) is 1.16. The van der Waals surface area contributed by atoms with Crippen molar-refractivity contribution in [3.8, 4) is 0 Å². The van der Waals surface area contributed by atoms with Gasteiger partial charge < -0.3 is 15.2 Å². The fourth-order valence-corrected chi connectivity index (χ4v) is 2.80. The fourth-order valence-electron chi connectivity index (χ4n) is 2.62. The Morgan fingerprint density at radius 2 is 2.15 bits per heavy atom. The van der Waals surface area contributed by atoms with Gasteiger partial charge in [0.25, 0.3) is 5.56 Å². The highest BCUT2D eigenvalue weighted by Gasteiger charge is 2.20. The van der Waals surface area contributed by atoms with Crippen LogP contribution in [0.3, 0.4) is 0 Å². The second kappa shape index (κ2) is 7.13. The lowest BCUT2D eigenvalue weighted by atomic mass is 10.0. The molecule has 0 aliphatic rings. The third kappa shape index (κ3) is 3.39. The summed E-state index contributed by atoms with van der Waals surface area (Å²) >= 11 is 5.73. The predicted octanol–water partition coefficient (Wildman–Crippen LogP) is 3.94. The van der Waals surface area contributed by atoms with E-state index in [1.54, 1.807) is 31.6 Å². The molecule has 0 unspecified atom stereocenters. The van der Waals surface area contributed by atoms with Crippen LogP contribution in [-0.2, 0) is 0 Å². The molecule has 2 amide bonds. The minimum absolute atomic E-state index is 0.0730. The van der Waals surface area contributed by atoms with Gasteiger partial charge in [0.15, 0.2) is 0 Å². The normalized spacial score (nSPS) is 12.0. The van der Waals surface area contributed by atoms with Gasteiger partial charge in [0.05, 0.1) is 11.1 Å². The number of anilines is 1. The highest BCUT2D eigenvalue weighted by atomic mass is 35.5. The molecule has 3 rings (SSSR count). The van der Waals surface area contributed by atoms with E-state index in [9.17, 15) is 14.0 Å². The van der Waals surface area contributed by atoms with Crippen molar-refractivity contribution in [1.29, 1.82) is 0 Å². The van der Waals surface area contributed by atoms with Crippen LogP contribution < -0.4 is 10.9 Å². The van der Waals surface area contributed by atoms with Crippen LogP contribution in [0, 0.1) is 5.82 Å². The minimum Gasteiger partial charge on any atom is -0.327 e. The first-order valence-corrected chi connectivity index (χ1v) is 8.21. The first-order valence-electron chi connectivity index (χ1n) is 7.83. The van der Waals surface area contributed by atoms with Crippen LogP contribution in [0.1, 0.15) is 18.5 Å². The molecule has 8 heteroatoms. The SMILES string of the molecule is C[C@H](c1c[nH]c(=O)c2ncccc12)N(C)C(=O)Nc1ccc(F)c(Cl)c1. The molecular formula is C18H16ClFN4O2. The molecular weight excluding hydrogens is 359 g/mol. The summed E-state index contributed by atoms with van der Waals surface area (Å²) in [6, 6.07) is 6.72. The quantitative estimate of drug-likeness (QED) is 0.728. The van der Waals surface area contributed by atoms with E-state index in [4.69, 9.17) is 11.6 Å². The number of carbonyl (C=O) groups excluding carboxylic acids is 1. The minimum atomic E-state index is -0.557. The molecule has 3 aromatic rings. The molecule has 0 radical (unpaired) electrons. The van der Waals surface area contributed by atoms with E-state index >= 15 is 0 Å². The Balaban J connectivity index is 1.86. The molecule has 26 heavy (non-hydrogen) atoms. The molecule has 0 saturated carbocycles. The summed E-state index contributed by atoms with van der Waals surface area (Å²) in [4.78, 5) is 32.6. The molecule has 6 nitrogen and oxygen atoms in total. The van der Waals surface area contributed by atoms with Crippen LogP contribution in [0.4, 0.5) is 14.9 Å². The third-order valence-corrected chi connectivity index (χ3v) is 4.50. The van der Waals surface area contributed by atoms with Gasteiger partial charge in [0, 0.05) is 36.1 Å². The zero-order valence-corrected chi connectivity index (χ0v) is 14.8. The molecule has 0 bridgehead atoms. The zero-order valence-electron chi connectivity index (χ0n) is 14.1. The molecule has 134 valence electrons. The summed E-state index contributed by atoms with van der Waals surface area (Å²) in [5, 5.41) is 3.27. The molecule has 1 aromatic carbocycles. The highest BCUT2D eigenvalue weighted by molar-refractivity contribution is 6.31. The Bertz CT molecular complexity index is 1040. The Hall–Kier alpha value is -2.93. The number of aromatic amines is 1. The van der Waals surface area contributed by atoms with Gasteiger partial charge in [-0.1, -0.05) is 17.7 Å². The van der Waals surface area contributed by atoms with Crippen LogP contribution in [0.2, 0.25) is 5.02 Å². The second-order valence-corrected chi connectivity index (χ2v) is 6.23. The van der Waals surface area contributed by atoms with Crippen LogP contribution in [0.5, 0.6) is 0 Å². The van der Waals surface area contributed by atoms with Crippen molar-refractivity contribution in [3.05, 3.63) is 69.5 Å². The molecule has 2 heterocycles. The van der Waals surface area contributed by atoms with Gasteiger partial charge in [0.2, 0.25) is 0 Å². The van der Waals surface area contributed by atoms with Crippen molar-refractivity contribution in [1.82, 2.24) is 14.9 Å². The van der Waals surface area contributed by atoms with E-state index in [0.717, 1.165) is 5.56 Å². The standard InChI is InChI=1S/C18H16ClFN4O2/c1-10(13-9-22-17(25)16-12(13)4-3-7-21-16)24(2)18(26)23-11-5-6-15(20)14(19)8-11/h3-10H,1-2H3,(H,22,25)(H,23,26)/t10-/m1/s1. The van der Waals surface area contributed by atoms with Crippen LogP contribution in [0.25, 0.3) is 10.9 Å². The number of pyridine rings is 2. The summed E-state index contributed by atoms with van der Waals surface area (Å²) in [7, 11) is 1.62. The van der Waals surface area contributed by atoms with Crippen molar-refractivity contribution in [3.63, 3.8) is 0 Å². The number of amides is 2. The number of nitrogens with zero attached hydrogens (tertiary/aromatic N) is 2. The predicted molar refractivity (Wildman–Crippen MR) is 99.0 cm³/mol. The zero-order chi connectivity index (χ0) is 18.8. The average molecular weight is 375 g/mol. The monoisotopic (exact) mass is 374 g/mol. The molecule has 0 spiro atoms. The van der Waals surface area contributed by atoms with Gasteiger partial charge in [-0.2, -0.15) is 0 Å². The van der Waals surface area contributed by atoms with Gasteiger partial charge >= 0.3 is 6.03 Å². The molecule has 0 aliphatic heterocycles. The van der Waals surface area contributed by atoms with Crippen molar-refractivity contribution in [2.24, 2.45) is 0 Å². The van der Waals surface area contributed by atoms with Gasteiger partial charge in [-0.25, -0.2) is 9.18 Å². The third-order valence-electron chi connectivity index (χ3n) is 4.21. The molecule has 1 atom stereocenters. The van der Waals surface area contributed by atoms with E-state index in [0.29, 0.717) is 16.6 Å². The Kier molecular flexibility index (Phi) is 4.90. The summed E-state index contributed by atoms with van der Waals surface area (Å²) < 4.78 is 13.2. The maximum absolute atomic E-state index is 13.2. The number of hydrogen-bond donors (Lipinski definition) is 2. The van der Waals surface area contributed by atoms with Crippen LogP contribution >= 0.6 is 11.6 Å². The van der Waals surface area contributed by atoms with E-state index in [1.807, 2.05) is 6.92 Å². The van der Waals surface area contributed by atoms with Crippen molar-refractivity contribution in [2.75, 3.05) is 12.4 Å². The Labute approximate surface area is 153 Å². The molecule has 2 aromatic heterocycles. The number of benzene rings is 1. The number of carbonyl (C=O) groups is 1. The van der Waals surface area contributed by atoms with E-state index < -0.39 is 11.8 Å². The second-order valence-electron chi connectivity index (χ2n) is 5.82. The number of hydrogen-bond acceptors (Lipinski definition) is 3. The first-order chi connectivity index (χ1) is 12.4. The Morgan fingerprint density at radius 3 is 2.88 bits per heavy atom. The lowest BCUT2D eigenvalue weighted by molar-refractivity contribution is 0.208. The number of aromatic nitrogens is 2. The highest BCUT2D eigenvalue weighted by Crippen LogP contribution is 2.25. The van der Waals surface area contributed by atoms with E-state index in [1.165, 1.54) is 23.1 Å². The molecule has 2 N–H and O–H groups in total. The van der Waals surface area contributed by atoms with E-state index in [-0.39, 0.29) is 16.6 Å². The Morgan fingerprint density at radius 1 is 1.38 bits per heavy atom. The summed E-state index contributed by atoms with van der Waals surface area (Å²) in [6.07, 6.45) is 3.12. The number of nitrogens with one attached hydrogen (secondary N) is 2. The number of fused-ring (bicyclic) bond motifs is 1. The lowest BCUT2D eigenvalue weighted by Gasteiger charge is -2.26. The number of H-pyrrole nitrogens is 1. The lowest BCUT2D eigenvalue weighted by Crippen LogP contribution is -2.34. The molecule has 0 fully saturated rings. The van der Waals surface area contributed by atoms with E-state index in [2.05, 4.69) is 15.3 Å². The molecule has 0 aliphatic carbocycles. The van der Waals surface area contributed by atoms with Crippen molar-refractivity contribution in [2.45, 2.75) is 13.0 Å². The fraction of sp³-hybridized carbons (Fsp3) is 0.167. The summed E-state index contributed by atoms with van der Waals surface area (Å²) in [5.74, 6) is -0.557. The molecule has 0 saturated heterocycles. The maximum Gasteiger partial charge on any atom is 0.322 e.